The molecule has 0 fully saturated rings. The molecular weight excluding hydrogens is 260 g/mol. The second-order valence-electron chi connectivity index (χ2n) is 4.87. The third-order valence-corrected chi connectivity index (χ3v) is 2.85. The van der Waals surface area contributed by atoms with Gasteiger partial charge < -0.3 is 10.6 Å². The molecule has 2 amide bonds. The van der Waals surface area contributed by atoms with Gasteiger partial charge in [-0.2, -0.15) is 0 Å². The third kappa shape index (κ3) is 7.16. The van der Waals surface area contributed by atoms with Crippen LogP contribution in [0.25, 0.3) is 0 Å². The maximum absolute atomic E-state index is 12.0. The van der Waals surface area contributed by atoms with Gasteiger partial charge in [0.05, 0.1) is 0 Å². The molecule has 1 rings (SSSR count). The highest BCUT2D eigenvalue weighted by Crippen LogP contribution is 2.08. The van der Waals surface area contributed by atoms with Crippen molar-refractivity contribution in [2.24, 2.45) is 0 Å². The summed E-state index contributed by atoms with van der Waals surface area (Å²) in [7, 11) is 0. The summed E-state index contributed by atoms with van der Waals surface area (Å²) >= 11 is 0. The lowest BCUT2D eigenvalue weighted by atomic mass is 10.2. The van der Waals surface area contributed by atoms with Crippen molar-refractivity contribution in [2.75, 3.05) is 0 Å². The summed E-state index contributed by atoms with van der Waals surface area (Å²) in [5, 5.41) is 5.64. The topological polar surface area (TPSA) is 41.1 Å². The molecule has 112 valence electrons. The van der Waals surface area contributed by atoms with E-state index in [2.05, 4.69) is 31.1 Å². The third-order valence-electron chi connectivity index (χ3n) is 2.85. The number of nitrogens with one attached hydrogen (secondary N) is 2. The van der Waals surface area contributed by atoms with E-state index in [9.17, 15) is 4.79 Å². The van der Waals surface area contributed by atoms with E-state index in [1.807, 2.05) is 36.5 Å². The van der Waals surface area contributed by atoms with Crippen LogP contribution in [0.5, 0.6) is 0 Å². The molecule has 0 aromatic carbocycles. The first kappa shape index (κ1) is 16.8. The van der Waals surface area contributed by atoms with Gasteiger partial charge in [0, 0.05) is 11.4 Å². The summed E-state index contributed by atoms with van der Waals surface area (Å²) in [6.07, 6.45) is 18.2. The van der Waals surface area contributed by atoms with E-state index in [1.54, 1.807) is 12.2 Å². The molecule has 0 atom stereocenters. The van der Waals surface area contributed by atoms with E-state index in [0.29, 0.717) is 0 Å². The normalized spacial score (nSPS) is 15.2. The summed E-state index contributed by atoms with van der Waals surface area (Å²) < 4.78 is 0. The van der Waals surface area contributed by atoms with Crippen molar-refractivity contribution in [3.8, 4) is 0 Å². The lowest BCUT2D eigenvalue weighted by Crippen LogP contribution is -2.33. The highest BCUT2D eigenvalue weighted by molar-refractivity contribution is 5.79. The second-order valence-corrected chi connectivity index (χ2v) is 4.87. The molecule has 3 nitrogen and oxygen atoms in total. The van der Waals surface area contributed by atoms with Gasteiger partial charge >= 0.3 is 6.03 Å². The average Bonchev–Trinajstić information content (AvgIpc) is 2.64. The van der Waals surface area contributed by atoms with Crippen LogP contribution in [0.4, 0.5) is 4.79 Å². The zero-order valence-corrected chi connectivity index (χ0v) is 12.9. The van der Waals surface area contributed by atoms with E-state index < -0.39 is 0 Å². The van der Waals surface area contributed by atoms with Crippen LogP contribution >= 0.6 is 0 Å². The van der Waals surface area contributed by atoms with Gasteiger partial charge in [0.15, 0.2) is 0 Å². The second kappa shape index (κ2) is 9.59. The minimum absolute atomic E-state index is 0.256. The number of allylic oxidation sites excluding steroid dienone is 9. The van der Waals surface area contributed by atoms with Crippen molar-refractivity contribution in [1.82, 2.24) is 10.6 Å². The molecule has 0 saturated heterocycles. The first-order valence-electron chi connectivity index (χ1n) is 7.27. The van der Waals surface area contributed by atoms with Gasteiger partial charge in [-0.25, -0.2) is 4.79 Å². The lowest BCUT2D eigenvalue weighted by molar-refractivity contribution is 0.246. The number of urea groups is 1. The van der Waals surface area contributed by atoms with Gasteiger partial charge in [-0.05, 0) is 44.1 Å². The summed E-state index contributed by atoms with van der Waals surface area (Å²) in [6, 6.07) is -0.256. The fourth-order valence-corrected chi connectivity index (χ4v) is 1.75. The zero-order valence-electron chi connectivity index (χ0n) is 12.9. The number of carbonyl (C=O) groups is 1. The van der Waals surface area contributed by atoms with E-state index in [-0.39, 0.29) is 6.03 Å². The Kier molecular flexibility index (Phi) is 7.65. The number of carbonyl (C=O) groups excluding carboxylic acids is 1. The maximum Gasteiger partial charge on any atom is 0.323 e. The quantitative estimate of drug-likeness (QED) is 0.693. The molecule has 0 radical (unpaired) electrons. The van der Waals surface area contributed by atoms with Gasteiger partial charge in [-0.3, -0.25) is 0 Å². The van der Waals surface area contributed by atoms with Crippen molar-refractivity contribution in [3.63, 3.8) is 0 Å². The Bertz CT molecular complexity index is 519. The minimum atomic E-state index is -0.256. The molecule has 0 aliphatic heterocycles. The van der Waals surface area contributed by atoms with Crippen LogP contribution in [0.2, 0.25) is 0 Å². The molecule has 0 unspecified atom stereocenters. The summed E-state index contributed by atoms with van der Waals surface area (Å²) in [6.45, 7) is 7.84. The summed E-state index contributed by atoms with van der Waals surface area (Å²) in [4.78, 5) is 12.0. The number of hydrogen-bond donors (Lipinski definition) is 2. The first-order chi connectivity index (χ1) is 10.2. The zero-order chi connectivity index (χ0) is 15.5. The van der Waals surface area contributed by atoms with Gasteiger partial charge in [-0.15, -0.1) is 0 Å². The smallest absolute Gasteiger partial charge is 0.308 e. The van der Waals surface area contributed by atoms with Crippen LogP contribution < -0.4 is 10.6 Å². The lowest BCUT2D eigenvalue weighted by Gasteiger charge is -2.08. The van der Waals surface area contributed by atoms with Crippen LogP contribution in [0, 0.1) is 0 Å². The van der Waals surface area contributed by atoms with E-state index in [4.69, 9.17) is 0 Å². The molecular formula is C18H24N2O. The molecule has 1 aliphatic carbocycles. The molecule has 0 aromatic heterocycles. The van der Waals surface area contributed by atoms with Crippen molar-refractivity contribution in [2.45, 2.75) is 33.1 Å². The molecule has 1 aliphatic rings. The number of amides is 2. The highest BCUT2D eigenvalue weighted by atomic mass is 16.2. The summed E-state index contributed by atoms with van der Waals surface area (Å²) in [5.74, 6) is 0. The van der Waals surface area contributed by atoms with Crippen LogP contribution in [0.3, 0.4) is 0 Å². The van der Waals surface area contributed by atoms with Gasteiger partial charge in [0.2, 0.25) is 0 Å². The largest absolute Gasteiger partial charge is 0.323 e. The predicted octanol–water partition coefficient (Wildman–Crippen LogP) is 4.50. The molecule has 0 saturated carbocycles. The van der Waals surface area contributed by atoms with E-state index >= 15 is 0 Å². The monoisotopic (exact) mass is 284 g/mol. The van der Waals surface area contributed by atoms with Crippen molar-refractivity contribution in [3.05, 3.63) is 72.2 Å². The molecule has 2 N–H and O–H groups in total. The number of rotatable bonds is 6. The predicted molar refractivity (Wildman–Crippen MR) is 89.6 cm³/mol. The fraction of sp³-hybridized carbons (Fsp3) is 0.278. The van der Waals surface area contributed by atoms with Gasteiger partial charge in [0.25, 0.3) is 0 Å². The molecule has 0 heterocycles. The van der Waals surface area contributed by atoms with Gasteiger partial charge in [0.1, 0.15) is 0 Å². The molecule has 0 bridgehead atoms. The molecule has 0 spiro atoms. The first-order valence-corrected chi connectivity index (χ1v) is 7.27. The van der Waals surface area contributed by atoms with Crippen molar-refractivity contribution in [1.29, 1.82) is 0 Å². The SMILES string of the molecule is C=C/C=C(\C=C/CCC)NC(=O)NC1=CC=C(C)CC=C1. The Balaban J connectivity index is 2.62. The molecule has 0 aromatic rings. The Morgan fingerprint density at radius 1 is 1.43 bits per heavy atom. The summed E-state index contributed by atoms with van der Waals surface area (Å²) in [5.41, 5.74) is 2.76. The van der Waals surface area contributed by atoms with Crippen LogP contribution in [0.1, 0.15) is 33.1 Å². The van der Waals surface area contributed by atoms with Crippen molar-refractivity contribution >= 4 is 6.03 Å². The minimum Gasteiger partial charge on any atom is -0.308 e. The average molecular weight is 284 g/mol. The molecule has 3 heteroatoms. The standard InChI is InChI=1S/C18H24N2O/c1-4-6-7-11-16(9-5-2)19-18(21)20-17-12-8-10-15(3)13-14-17/h5,7-9,11-14H,2,4,6,10H2,1,3H3,(H2,19,20,21)/b11-7-,16-9+. The highest BCUT2D eigenvalue weighted by Gasteiger charge is 2.04. The number of unbranched alkanes of at least 4 members (excludes halogenated alkanes) is 1. The Labute approximate surface area is 127 Å². The Morgan fingerprint density at radius 3 is 2.95 bits per heavy atom. The Morgan fingerprint density at radius 2 is 2.24 bits per heavy atom. The van der Waals surface area contributed by atoms with Crippen molar-refractivity contribution < 1.29 is 4.79 Å². The van der Waals surface area contributed by atoms with Gasteiger partial charge in [-0.1, -0.05) is 49.8 Å². The van der Waals surface area contributed by atoms with E-state index in [0.717, 1.165) is 30.7 Å². The number of hydrogen-bond acceptors (Lipinski definition) is 1. The fourth-order valence-electron chi connectivity index (χ4n) is 1.75. The van der Waals surface area contributed by atoms with Crippen LogP contribution in [-0.4, -0.2) is 6.03 Å². The van der Waals surface area contributed by atoms with Crippen LogP contribution in [-0.2, 0) is 0 Å². The maximum atomic E-state index is 12.0. The molecule has 21 heavy (non-hydrogen) atoms. The van der Waals surface area contributed by atoms with Crippen LogP contribution in [0.15, 0.2) is 72.2 Å². The van der Waals surface area contributed by atoms with E-state index in [1.165, 1.54) is 5.57 Å². The Hall–Kier alpha value is -2.29.